The summed E-state index contributed by atoms with van der Waals surface area (Å²) in [6.07, 6.45) is 3.74. The first-order valence-corrected chi connectivity index (χ1v) is 7.31. The zero-order chi connectivity index (χ0) is 12.5. The first-order valence-electron chi connectivity index (χ1n) is 7.31. The maximum Gasteiger partial charge on any atom is 0.0385 e. The van der Waals surface area contributed by atoms with Crippen LogP contribution in [0.3, 0.4) is 0 Å². The Morgan fingerprint density at radius 2 is 1.88 bits per heavy atom. The Hall–Kier alpha value is -0.120. The molecule has 3 nitrogen and oxygen atoms in total. The van der Waals surface area contributed by atoms with Gasteiger partial charge < -0.3 is 10.6 Å². The lowest BCUT2D eigenvalue weighted by Gasteiger charge is -2.47. The summed E-state index contributed by atoms with van der Waals surface area (Å²) in [5.74, 6) is 0.781. The molecule has 2 N–H and O–H groups in total. The Labute approximate surface area is 106 Å². The third-order valence-corrected chi connectivity index (χ3v) is 4.76. The second-order valence-electron chi connectivity index (χ2n) is 6.27. The second-order valence-corrected chi connectivity index (χ2v) is 6.27. The molecule has 100 valence electrons. The second kappa shape index (κ2) is 5.25. The molecule has 1 unspecified atom stereocenters. The zero-order valence-electron chi connectivity index (χ0n) is 11.8. The summed E-state index contributed by atoms with van der Waals surface area (Å²) in [7, 11) is 0. The Morgan fingerprint density at radius 3 is 2.41 bits per heavy atom. The quantitative estimate of drug-likeness (QED) is 0.811. The summed E-state index contributed by atoms with van der Waals surface area (Å²) in [4.78, 5) is 5.26. The summed E-state index contributed by atoms with van der Waals surface area (Å²) in [5.41, 5.74) is 6.73. The smallest absolute Gasteiger partial charge is 0.0385 e. The topological polar surface area (TPSA) is 32.5 Å². The molecule has 2 saturated heterocycles. The number of likely N-dealkylation sites (N-methyl/N-ethyl adjacent to an activating group) is 1. The van der Waals surface area contributed by atoms with Crippen molar-refractivity contribution in [2.45, 2.75) is 51.6 Å². The van der Waals surface area contributed by atoms with Crippen LogP contribution < -0.4 is 5.73 Å². The number of nitrogens with two attached hydrogens (primary N) is 1. The molecular weight excluding hydrogens is 210 g/mol. The van der Waals surface area contributed by atoms with Crippen LogP contribution in [0.1, 0.15) is 40.0 Å². The van der Waals surface area contributed by atoms with Crippen LogP contribution in [0.4, 0.5) is 0 Å². The van der Waals surface area contributed by atoms with Crippen LogP contribution in [0.5, 0.6) is 0 Å². The van der Waals surface area contributed by atoms with Gasteiger partial charge in [-0.2, -0.15) is 0 Å². The molecule has 2 aliphatic heterocycles. The molecule has 0 aromatic carbocycles. The minimum atomic E-state index is 0.336. The van der Waals surface area contributed by atoms with Gasteiger partial charge in [-0.05, 0) is 44.8 Å². The minimum Gasteiger partial charge on any atom is -0.326 e. The lowest BCUT2D eigenvalue weighted by Crippen LogP contribution is -2.59. The van der Waals surface area contributed by atoms with E-state index in [1.807, 2.05) is 0 Å². The Kier molecular flexibility index (Phi) is 4.11. The number of hydrogen-bond acceptors (Lipinski definition) is 3. The van der Waals surface area contributed by atoms with Crippen molar-refractivity contribution in [3.8, 4) is 0 Å². The summed E-state index contributed by atoms with van der Waals surface area (Å²) in [6.45, 7) is 13.0. The van der Waals surface area contributed by atoms with Crippen molar-refractivity contribution in [1.82, 2.24) is 9.80 Å². The van der Waals surface area contributed by atoms with Crippen molar-refractivity contribution in [1.29, 1.82) is 0 Å². The van der Waals surface area contributed by atoms with Crippen LogP contribution in [-0.2, 0) is 0 Å². The van der Waals surface area contributed by atoms with E-state index in [0.717, 1.165) is 12.5 Å². The van der Waals surface area contributed by atoms with Crippen molar-refractivity contribution in [2.75, 3.05) is 32.7 Å². The number of hydrogen-bond donors (Lipinski definition) is 1. The van der Waals surface area contributed by atoms with Gasteiger partial charge in [0.25, 0.3) is 0 Å². The van der Waals surface area contributed by atoms with Gasteiger partial charge in [-0.1, -0.05) is 20.8 Å². The fourth-order valence-electron chi connectivity index (χ4n) is 3.82. The number of nitrogens with zero attached hydrogens (tertiary/aromatic N) is 2. The van der Waals surface area contributed by atoms with E-state index < -0.39 is 0 Å². The highest BCUT2D eigenvalue weighted by Crippen LogP contribution is 2.37. The molecule has 0 aromatic heterocycles. The van der Waals surface area contributed by atoms with Crippen molar-refractivity contribution in [2.24, 2.45) is 11.7 Å². The molecule has 3 heteroatoms. The zero-order valence-corrected chi connectivity index (χ0v) is 11.8. The summed E-state index contributed by atoms with van der Waals surface area (Å²) < 4.78 is 0. The van der Waals surface area contributed by atoms with E-state index in [2.05, 4.69) is 30.6 Å². The van der Waals surface area contributed by atoms with Gasteiger partial charge in [-0.25, -0.2) is 0 Å². The summed E-state index contributed by atoms with van der Waals surface area (Å²) in [6, 6.07) is 0.406. The van der Waals surface area contributed by atoms with Crippen molar-refractivity contribution >= 4 is 0 Å². The highest BCUT2D eigenvalue weighted by Gasteiger charge is 2.47. The molecule has 0 aliphatic carbocycles. The fraction of sp³-hybridized carbons (Fsp3) is 1.00. The van der Waals surface area contributed by atoms with Crippen LogP contribution in [0.25, 0.3) is 0 Å². The van der Waals surface area contributed by atoms with Gasteiger partial charge >= 0.3 is 0 Å². The SMILES string of the molecule is CCN1CCC(N)C12CCN(CC(C)C)CC2. The maximum atomic E-state index is 6.40. The molecule has 2 heterocycles. The van der Waals surface area contributed by atoms with E-state index in [1.165, 1.54) is 45.4 Å². The summed E-state index contributed by atoms with van der Waals surface area (Å²) >= 11 is 0. The average Bonchev–Trinajstić information content (AvgIpc) is 2.59. The highest BCUT2D eigenvalue weighted by atomic mass is 15.3. The van der Waals surface area contributed by atoms with Gasteiger partial charge in [0.05, 0.1) is 0 Å². The van der Waals surface area contributed by atoms with E-state index in [1.54, 1.807) is 0 Å². The largest absolute Gasteiger partial charge is 0.326 e. The molecule has 0 saturated carbocycles. The Morgan fingerprint density at radius 1 is 1.24 bits per heavy atom. The predicted octanol–water partition coefficient (Wildman–Crippen LogP) is 1.53. The Balaban J connectivity index is 1.96. The average molecular weight is 239 g/mol. The van der Waals surface area contributed by atoms with Gasteiger partial charge in [-0.15, -0.1) is 0 Å². The van der Waals surface area contributed by atoms with Crippen LogP contribution in [0, 0.1) is 5.92 Å². The fourth-order valence-corrected chi connectivity index (χ4v) is 3.82. The summed E-state index contributed by atoms with van der Waals surface area (Å²) in [5, 5.41) is 0. The van der Waals surface area contributed by atoms with Crippen molar-refractivity contribution in [3.05, 3.63) is 0 Å². The normalized spacial score (nSPS) is 30.5. The van der Waals surface area contributed by atoms with Gasteiger partial charge in [0, 0.05) is 24.7 Å². The number of rotatable bonds is 3. The van der Waals surface area contributed by atoms with Crippen LogP contribution in [0.15, 0.2) is 0 Å². The van der Waals surface area contributed by atoms with E-state index >= 15 is 0 Å². The third-order valence-electron chi connectivity index (χ3n) is 4.76. The number of likely N-dealkylation sites (tertiary alicyclic amines) is 2. The van der Waals surface area contributed by atoms with E-state index in [0.29, 0.717) is 11.6 Å². The molecule has 1 atom stereocenters. The number of piperidine rings is 1. The molecule has 0 radical (unpaired) electrons. The maximum absolute atomic E-state index is 6.40. The molecule has 0 aromatic rings. The van der Waals surface area contributed by atoms with E-state index in [9.17, 15) is 0 Å². The van der Waals surface area contributed by atoms with E-state index in [4.69, 9.17) is 5.73 Å². The first-order chi connectivity index (χ1) is 8.08. The molecule has 2 rings (SSSR count). The minimum absolute atomic E-state index is 0.336. The van der Waals surface area contributed by atoms with Crippen molar-refractivity contribution in [3.63, 3.8) is 0 Å². The first kappa shape index (κ1) is 13.3. The molecular formula is C14H29N3. The monoisotopic (exact) mass is 239 g/mol. The third kappa shape index (κ3) is 2.51. The van der Waals surface area contributed by atoms with Crippen LogP contribution in [-0.4, -0.2) is 54.1 Å². The molecule has 0 amide bonds. The Bertz CT molecular complexity index is 244. The van der Waals surface area contributed by atoms with Gasteiger partial charge in [0.2, 0.25) is 0 Å². The molecule has 0 bridgehead atoms. The molecule has 2 fully saturated rings. The standard InChI is InChI=1S/C14H29N3/c1-4-17-8-5-13(15)14(17)6-9-16(10-7-14)11-12(2)3/h12-13H,4-11,15H2,1-3H3. The van der Waals surface area contributed by atoms with Crippen LogP contribution in [0.2, 0.25) is 0 Å². The molecule has 2 aliphatic rings. The molecule has 1 spiro atoms. The van der Waals surface area contributed by atoms with Gasteiger partial charge in [0.1, 0.15) is 0 Å². The van der Waals surface area contributed by atoms with Gasteiger partial charge in [-0.3, -0.25) is 4.90 Å². The lowest BCUT2D eigenvalue weighted by atomic mass is 9.81. The lowest BCUT2D eigenvalue weighted by molar-refractivity contribution is 0.0432. The van der Waals surface area contributed by atoms with Crippen molar-refractivity contribution < 1.29 is 0 Å². The predicted molar refractivity (Wildman–Crippen MR) is 73.1 cm³/mol. The van der Waals surface area contributed by atoms with Crippen LogP contribution >= 0.6 is 0 Å². The highest BCUT2D eigenvalue weighted by molar-refractivity contribution is 5.06. The van der Waals surface area contributed by atoms with Gasteiger partial charge in [0.15, 0.2) is 0 Å². The van der Waals surface area contributed by atoms with E-state index in [-0.39, 0.29) is 0 Å². The molecule has 17 heavy (non-hydrogen) atoms.